The quantitative estimate of drug-likeness (QED) is 0.428. The van der Waals surface area contributed by atoms with Gasteiger partial charge in [-0.25, -0.2) is 0 Å². The zero-order valence-electron chi connectivity index (χ0n) is 6.38. The Kier molecular flexibility index (Phi) is 1.83. The second-order valence-electron chi connectivity index (χ2n) is 3.53. The average molecular weight is 155 g/mol. The van der Waals surface area contributed by atoms with Crippen molar-refractivity contribution < 1.29 is 4.74 Å². The molecule has 1 aliphatic carbocycles. The van der Waals surface area contributed by atoms with E-state index in [4.69, 9.17) is 4.74 Å². The zero-order valence-corrected chi connectivity index (χ0v) is 7.80. The van der Waals surface area contributed by atoms with Crippen molar-refractivity contribution in [1.82, 2.24) is 0 Å². The molecule has 1 radical (unpaired) electrons. The van der Waals surface area contributed by atoms with Crippen LogP contribution in [0.1, 0.15) is 25.7 Å². The van der Waals surface area contributed by atoms with E-state index in [1.165, 1.54) is 31.7 Å². The zero-order chi connectivity index (χ0) is 6.97. The first-order chi connectivity index (χ1) is 4.90. The van der Waals surface area contributed by atoms with Gasteiger partial charge < -0.3 is 4.74 Å². The van der Waals surface area contributed by atoms with Crippen LogP contribution in [0, 0.1) is 5.92 Å². The predicted octanol–water partition coefficient (Wildman–Crippen LogP) is 0.995. The topological polar surface area (TPSA) is 12.5 Å². The number of hydrogen-bond acceptors (Lipinski definition) is 1. The van der Waals surface area contributed by atoms with E-state index in [0.717, 1.165) is 5.92 Å². The molecule has 3 unspecified atom stereocenters. The molecule has 1 saturated heterocycles. The van der Waals surface area contributed by atoms with Crippen molar-refractivity contribution in [3.05, 3.63) is 0 Å². The second-order valence-corrected chi connectivity index (χ2v) is 4.24. The maximum atomic E-state index is 5.46. The van der Waals surface area contributed by atoms with E-state index in [9.17, 15) is 0 Å². The van der Waals surface area contributed by atoms with Gasteiger partial charge >= 0.3 is 0 Å². The Morgan fingerprint density at radius 1 is 1.30 bits per heavy atom. The smallest absolute Gasteiger partial charge is 0.0844 e. The minimum absolute atomic E-state index is 0.689. The summed E-state index contributed by atoms with van der Waals surface area (Å²) in [6.07, 6.45) is 6.95. The highest BCUT2D eigenvalue weighted by Crippen LogP contribution is 2.40. The van der Waals surface area contributed by atoms with E-state index in [1.807, 2.05) is 0 Å². The monoisotopic (exact) mass is 155 g/mol. The summed E-state index contributed by atoms with van der Waals surface area (Å²) >= 11 is 0. The molecule has 0 aromatic heterocycles. The van der Waals surface area contributed by atoms with Gasteiger partial charge in [0.15, 0.2) is 0 Å². The minimum atomic E-state index is 0.689. The van der Waals surface area contributed by atoms with Gasteiger partial charge in [-0.05, 0) is 25.2 Å². The average Bonchev–Trinajstić information content (AvgIpc) is 2.66. The fourth-order valence-electron chi connectivity index (χ4n) is 2.04. The summed E-state index contributed by atoms with van der Waals surface area (Å²) in [4.78, 5) is 0. The summed E-state index contributed by atoms with van der Waals surface area (Å²) < 4.78 is 5.46. The first-order valence-corrected chi connectivity index (χ1v) is 5.35. The largest absolute Gasteiger partial charge is 0.370 e. The van der Waals surface area contributed by atoms with Crippen LogP contribution in [-0.2, 0) is 4.74 Å². The molecule has 0 N–H and O–H groups in total. The number of rotatable bonds is 2. The van der Waals surface area contributed by atoms with Crippen molar-refractivity contribution >= 4 is 10.2 Å². The Bertz CT molecular complexity index is 126. The Balaban J connectivity index is 1.77. The maximum absolute atomic E-state index is 5.46. The van der Waals surface area contributed by atoms with E-state index in [1.54, 1.807) is 0 Å². The fraction of sp³-hybridized carbons (Fsp3) is 1.00. The van der Waals surface area contributed by atoms with Crippen LogP contribution in [0.3, 0.4) is 0 Å². The molecule has 0 aromatic rings. The first-order valence-electron chi connectivity index (χ1n) is 4.35. The third-order valence-corrected chi connectivity index (χ3v) is 3.13. The fourth-order valence-corrected chi connectivity index (χ4v) is 2.61. The van der Waals surface area contributed by atoms with E-state index in [2.05, 4.69) is 10.2 Å². The molecule has 2 aliphatic rings. The predicted molar refractivity (Wildman–Crippen MR) is 44.0 cm³/mol. The van der Waals surface area contributed by atoms with Crippen molar-refractivity contribution in [1.29, 1.82) is 0 Å². The van der Waals surface area contributed by atoms with Crippen molar-refractivity contribution in [2.75, 3.05) is 0 Å². The van der Waals surface area contributed by atoms with Gasteiger partial charge in [-0.2, -0.15) is 0 Å². The van der Waals surface area contributed by atoms with Gasteiger partial charge in [0, 0.05) is 10.2 Å². The van der Waals surface area contributed by atoms with E-state index >= 15 is 0 Å². The van der Waals surface area contributed by atoms with Gasteiger partial charge in [0.2, 0.25) is 0 Å². The number of epoxide rings is 1. The van der Waals surface area contributed by atoms with Crippen LogP contribution in [0.25, 0.3) is 0 Å². The van der Waals surface area contributed by atoms with Crippen LogP contribution < -0.4 is 0 Å². The molecule has 57 valence electrons. The lowest BCUT2D eigenvalue weighted by atomic mass is 9.88. The molecule has 3 atom stereocenters. The summed E-state index contributed by atoms with van der Waals surface area (Å²) in [6, 6.07) is 1.38. The summed E-state index contributed by atoms with van der Waals surface area (Å²) in [5, 5.41) is 0. The molecule has 0 amide bonds. The molecule has 2 rings (SSSR count). The molecular formula is C8H15OSi. The lowest BCUT2D eigenvalue weighted by Crippen LogP contribution is -2.12. The van der Waals surface area contributed by atoms with Crippen LogP contribution in [0.5, 0.6) is 0 Å². The molecule has 0 aromatic carbocycles. The SMILES string of the molecule is [SiH2]CCC1CCC2OC2C1. The van der Waals surface area contributed by atoms with E-state index < -0.39 is 0 Å². The van der Waals surface area contributed by atoms with Gasteiger partial charge in [-0.3, -0.25) is 0 Å². The second kappa shape index (κ2) is 2.66. The summed E-state index contributed by atoms with van der Waals surface area (Å²) in [6.45, 7) is 0. The molecule has 1 saturated carbocycles. The Hall–Kier alpha value is 0.177. The van der Waals surface area contributed by atoms with Gasteiger partial charge in [-0.15, -0.1) is 0 Å². The van der Waals surface area contributed by atoms with Crippen LogP contribution >= 0.6 is 0 Å². The molecular weight excluding hydrogens is 140 g/mol. The molecule has 10 heavy (non-hydrogen) atoms. The Morgan fingerprint density at radius 3 is 2.90 bits per heavy atom. The first kappa shape index (κ1) is 6.86. The molecule has 2 heteroatoms. The highest BCUT2D eigenvalue weighted by Gasteiger charge is 2.43. The van der Waals surface area contributed by atoms with Crippen molar-refractivity contribution in [2.24, 2.45) is 5.92 Å². The summed E-state index contributed by atoms with van der Waals surface area (Å²) in [7, 11) is 2.10. The lowest BCUT2D eigenvalue weighted by molar-refractivity contribution is 0.357. The number of fused-ring (bicyclic) bond motifs is 1. The molecule has 2 fully saturated rings. The maximum Gasteiger partial charge on any atom is 0.0844 e. The third-order valence-electron chi connectivity index (χ3n) is 2.73. The molecule has 1 heterocycles. The van der Waals surface area contributed by atoms with Crippen LogP contribution in [0.2, 0.25) is 6.04 Å². The van der Waals surface area contributed by atoms with Gasteiger partial charge in [0.1, 0.15) is 0 Å². The van der Waals surface area contributed by atoms with Crippen molar-refractivity contribution in [3.8, 4) is 0 Å². The molecule has 0 bridgehead atoms. The minimum Gasteiger partial charge on any atom is -0.370 e. The highest BCUT2D eigenvalue weighted by atomic mass is 28.1. The van der Waals surface area contributed by atoms with E-state index in [0.29, 0.717) is 12.2 Å². The molecule has 1 nitrogen and oxygen atoms in total. The molecule has 1 aliphatic heterocycles. The van der Waals surface area contributed by atoms with Crippen molar-refractivity contribution in [3.63, 3.8) is 0 Å². The van der Waals surface area contributed by atoms with Crippen LogP contribution in [0.4, 0.5) is 0 Å². The highest BCUT2D eigenvalue weighted by molar-refractivity contribution is 6.08. The lowest BCUT2D eigenvalue weighted by Gasteiger charge is -2.17. The van der Waals surface area contributed by atoms with E-state index in [-0.39, 0.29) is 0 Å². The van der Waals surface area contributed by atoms with Crippen molar-refractivity contribution in [2.45, 2.75) is 43.9 Å². The summed E-state index contributed by atoms with van der Waals surface area (Å²) in [5.74, 6) is 1.00. The Morgan fingerprint density at radius 2 is 2.20 bits per heavy atom. The number of hydrogen-bond donors (Lipinski definition) is 0. The van der Waals surface area contributed by atoms with Gasteiger partial charge in [-0.1, -0.05) is 12.5 Å². The number of ether oxygens (including phenoxy) is 1. The van der Waals surface area contributed by atoms with Crippen LogP contribution in [-0.4, -0.2) is 22.5 Å². The van der Waals surface area contributed by atoms with Gasteiger partial charge in [0.25, 0.3) is 0 Å². The van der Waals surface area contributed by atoms with Gasteiger partial charge in [0.05, 0.1) is 12.2 Å². The molecule has 0 spiro atoms. The summed E-state index contributed by atoms with van der Waals surface area (Å²) in [5.41, 5.74) is 0. The standard InChI is InChI=1S/C8H15OSi/c10-4-3-6-1-2-7-8(5-6)9-7/h6-8H,1-5,10H2. The normalized spacial score (nSPS) is 44.7. The Labute approximate surface area is 65.6 Å². The third kappa shape index (κ3) is 1.27. The van der Waals surface area contributed by atoms with Crippen LogP contribution in [0.15, 0.2) is 0 Å².